The van der Waals surface area contributed by atoms with Crippen LogP contribution in [-0.2, 0) is 9.47 Å². The Hall–Kier alpha value is -1.88. The Kier molecular flexibility index (Phi) is 6.50. The van der Waals surface area contributed by atoms with E-state index in [-0.39, 0.29) is 12.4 Å². The molecule has 0 aliphatic carbocycles. The molecule has 0 radical (unpaired) electrons. The highest BCUT2D eigenvalue weighted by Gasteiger charge is 2.06. The molecule has 1 rings (SSSR count). The molecule has 1 aromatic rings. The van der Waals surface area contributed by atoms with Gasteiger partial charge in [-0.15, -0.1) is 0 Å². The zero-order chi connectivity index (χ0) is 13.2. The Morgan fingerprint density at radius 2 is 1.94 bits per heavy atom. The molecule has 5 nitrogen and oxygen atoms in total. The van der Waals surface area contributed by atoms with Crippen molar-refractivity contribution in [3.05, 3.63) is 35.9 Å². The van der Waals surface area contributed by atoms with Crippen LogP contribution in [0.3, 0.4) is 0 Å². The van der Waals surface area contributed by atoms with Gasteiger partial charge in [-0.3, -0.25) is 10.7 Å². The summed E-state index contributed by atoms with van der Waals surface area (Å²) in [6.07, 6.45) is 0.300. The van der Waals surface area contributed by atoms with Gasteiger partial charge in [0.15, 0.2) is 0 Å². The van der Waals surface area contributed by atoms with Gasteiger partial charge in [0.1, 0.15) is 12.4 Å². The van der Waals surface area contributed by atoms with E-state index in [0.717, 1.165) is 6.42 Å². The van der Waals surface area contributed by atoms with Crippen LogP contribution in [0.4, 0.5) is 4.79 Å². The third-order valence-corrected chi connectivity index (χ3v) is 2.10. The number of ether oxygens (including phenoxy) is 2. The Morgan fingerprint density at radius 3 is 2.61 bits per heavy atom. The van der Waals surface area contributed by atoms with Gasteiger partial charge in [0.25, 0.3) is 0 Å². The third-order valence-electron chi connectivity index (χ3n) is 2.10. The van der Waals surface area contributed by atoms with Crippen molar-refractivity contribution in [2.75, 3.05) is 19.8 Å². The number of alkyl carbamates (subject to hydrolysis) is 1. The first kappa shape index (κ1) is 14.2. The summed E-state index contributed by atoms with van der Waals surface area (Å²) in [5.41, 5.74) is 0.636. The second kappa shape index (κ2) is 8.25. The van der Waals surface area contributed by atoms with Crippen LogP contribution in [0.15, 0.2) is 30.3 Å². The lowest BCUT2D eigenvalue weighted by molar-refractivity contribution is 0.0750. The SMILES string of the molecule is CCCOCCOC(=O)NC(=N)c1ccccc1. The van der Waals surface area contributed by atoms with Crippen LogP contribution in [0.5, 0.6) is 0 Å². The summed E-state index contributed by atoms with van der Waals surface area (Å²) in [5, 5.41) is 10.0. The number of amides is 1. The van der Waals surface area contributed by atoms with Crippen molar-refractivity contribution in [3.8, 4) is 0 Å². The van der Waals surface area contributed by atoms with Gasteiger partial charge in [-0.2, -0.15) is 0 Å². The molecule has 0 aromatic heterocycles. The molecule has 98 valence electrons. The first-order valence-corrected chi connectivity index (χ1v) is 5.89. The summed E-state index contributed by atoms with van der Waals surface area (Å²) in [5.74, 6) is 0.0232. The summed E-state index contributed by atoms with van der Waals surface area (Å²) in [7, 11) is 0. The number of benzene rings is 1. The van der Waals surface area contributed by atoms with Gasteiger partial charge < -0.3 is 9.47 Å². The molecular formula is C13H18N2O3. The molecule has 0 aliphatic heterocycles. The average molecular weight is 250 g/mol. The van der Waals surface area contributed by atoms with E-state index in [2.05, 4.69) is 5.32 Å². The minimum Gasteiger partial charge on any atom is -0.447 e. The number of rotatable bonds is 6. The van der Waals surface area contributed by atoms with E-state index in [1.165, 1.54) is 0 Å². The normalized spacial score (nSPS) is 9.83. The van der Waals surface area contributed by atoms with Crippen molar-refractivity contribution >= 4 is 11.9 Å². The smallest absolute Gasteiger partial charge is 0.412 e. The topological polar surface area (TPSA) is 71.4 Å². The van der Waals surface area contributed by atoms with Gasteiger partial charge in [-0.25, -0.2) is 4.79 Å². The molecule has 18 heavy (non-hydrogen) atoms. The second-order valence-electron chi connectivity index (χ2n) is 3.61. The largest absolute Gasteiger partial charge is 0.447 e. The predicted octanol–water partition coefficient (Wildman–Crippen LogP) is 2.16. The molecule has 0 heterocycles. The van der Waals surface area contributed by atoms with Gasteiger partial charge in [0.05, 0.1) is 6.61 Å². The molecule has 0 saturated heterocycles. The van der Waals surface area contributed by atoms with E-state index in [9.17, 15) is 4.79 Å². The van der Waals surface area contributed by atoms with E-state index >= 15 is 0 Å². The fourth-order valence-electron chi connectivity index (χ4n) is 1.25. The fraction of sp³-hybridized carbons (Fsp3) is 0.385. The molecule has 0 atom stereocenters. The summed E-state index contributed by atoms with van der Waals surface area (Å²) in [4.78, 5) is 11.3. The van der Waals surface area contributed by atoms with Gasteiger partial charge in [0, 0.05) is 12.2 Å². The molecule has 5 heteroatoms. The van der Waals surface area contributed by atoms with Crippen LogP contribution in [0.25, 0.3) is 0 Å². The van der Waals surface area contributed by atoms with Gasteiger partial charge in [-0.1, -0.05) is 37.3 Å². The van der Waals surface area contributed by atoms with Crippen molar-refractivity contribution in [1.82, 2.24) is 5.32 Å². The lowest BCUT2D eigenvalue weighted by Gasteiger charge is -2.08. The molecule has 1 amide bonds. The Labute approximate surface area is 107 Å². The monoisotopic (exact) mass is 250 g/mol. The van der Waals surface area contributed by atoms with Crippen LogP contribution < -0.4 is 5.32 Å². The highest BCUT2D eigenvalue weighted by molar-refractivity contribution is 6.04. The number of carbonyl (C=O) groups is 1. The van der Waals surface area contributed by atoms with Crippen LogP contribution in [-0.4, -0.2) is 31.7 Å². The first-order chi connectivity index (χ1) is 8.74. The summed E-state index contributed by atoms with van der Waals surface area (Å²) in [6.45, 7) is 3.23. The highest BCUT2D eigenvalue weighted by atomic mass is 16.6. The number of carbonyl (C=O) groups excluding carboxylic acids is 1. The molecule has 0 saturated carbocycles. The molecule has 0 bridgehead atoms. The molecule has 0 spiro atoms. The van der Waals surface area contributed by atoms with E-state index in [0.29, 0.717) is 18.8 Å². The zero-order valence-corrected chi connectivity index (χ0v) is 10.4. The molecule has 0 unspecified atom stereocenters. The first-order valence-electron chi connectivity index (χ1n) is 5.89. The maximum Gasteiger partial charge on any atom is 0.412 e. The number of amidine groups is 1. The van der Waals surface area contributed by atoms with Crippen LogP contribution in [0.2, 0.25) is 0 Å². The van der Waals surface area contributed by atoms with E-state index in [1.807, 2.05) is 13.0 Å². The maximum atomic E-state index is 11.3. The van der Waals surface area contributed by atoms with E-state index < -0.39 is 6.09 Å². The van der Waals surface area contributed by atoms with Crippen LogP contribution in [0.1, 0.15) is 18.9 Å². The molecule has 1 aromatic carbocycles. The van der Waals surface area contributed by atoms with Gasteiger partial charge >= 0.3 is 6.09 Å². The fourth-order valence-corrected chi connectivity index (χ4v) is 1.25. The predicted molar refractivity (Wildman–Crippen MR) is 68.9 cm³/mol. The molecule has 0 fully saturated rings. The van der Waals surface area contributed by atoms with Crippen molar-refractivity contribution in [2.45, 2.75) is 13.3 Å². The third kappa shape index (κ3) is 5.45. The summed E-state index contributed by atoms with van der Waals surface area (Å²) < 4.78 is 10.0. The van der Waals surface area contributed by atoms with E-state index in [4.69, 9.17) is 14.9 Å². The molecule has 2 N–H and O–H groups in total. The minimum absolute atomic E-state index is 0.0232. The van der Waals surface area contributed by atoms with Crippen molar-refractivity contribution in [1.29, 1.82) is 5.41 Å². The lowest BCUT2D eigenvalue weighted by atomic mass is 10.2. The summed E-state index contributed by atoms with van der Waals surface area (Å²) >= 11 is 0. The second-order valence-corrected chi connectivity index (χ2v) is 3.61. The van der Waals surface area contributed by atoms with Crippen molar-refractivity contribution in [2.24, 2.45) is 0 Å². The van der Waals surface area contributed by atoms with Crippen LogP contribution >= 0.6 is 0 Å². The van der Waals surface area contributed by atoms with E-state index in [1.54, 1.807) is 24.3 Å². The Balaban J connectivity index is 2.22. The summed E-state index contributed by atoms with van der Waals surface area (Å²) in [6, 6.07) is 8.94. The molecular weight excluding hydrogens is 232 g/mol. The number of hydrogen-bond donors (Lipinski definition) is 2. The number of nitrogens with one attached hydrogen (secondary N) is 2. The van der Waals surface area contributed by atoms with Gasteiger partial charge in [0.2, 0.25) is 0 Å². The number of hydrogen-bond acceptors (Lipinski definition) is 4. The average Bonchev–Trinajstić information content (AvgIpc) is 2.39. The Bertz CT molecular complexity index is 379. The highest BCUT2D eigenvalue weighted by Crippen LogP contribution is 1.97. The Morgan fingerprint density at radius 1 is 1.22 bits per heavy atom. The quantitative estimate of drug-likeness (QED) is 0.461. The minimum atomic E-state index is -0.635. The van der Waals surface area contributed by atoms with Crippen molar-refractivity contribution < 1.29 is 14.3 Å². The molecule has 0 aliphatic rings. The van der Waals surface area contributed by atoms with Gasteiger partial charge in [-0.05, 0) is 6.42 Å². The standard InChI is InChI=1S/C13H18N2O3/c1-2-8-17-9-10-18-13(16)15-12(14)11-6-4-3-5-7-11/h3-7H,2,8-10H2,1H3,(H2,14,15,16). The zero-order valence-electron chi connectivity index (χ0n) is 10.4. The van der Waals surface area contributed by atoms with Crippen molar-refractivity contribution in [3.63, 3.8) is 0 Å². The maximum absolute atomic E-state index is 11.3. The van der Waals surface area contributed by atoms with Crippen LogP contribution in [0, 0.1) is 5.41 Å². The lowest BCUT2D eigenvalue weighted by Crippen LogP contribution is -2.31.